The van der Waals surface area contributed by atoms with Crippen molar-refractivity contribution in [1.29, 1.82) is 0 Å². The first-order valence-corrected chi connectivity index (χ1v) is 6.22. The highest BCUT2D eigenvalue weighted by atomic mass is 14.3. The Morgan fingerprint density at radius 2 is 1.50 bits per heavy atom. The van der Waals surface area contributed by atoms with Gasteiger partial charge in [0.2, 0.25) is 0 Å². The molecule has 1 radical (unpaired) electrons. The topological polar surface area (TPSA) is 0 Å². The van der Waals surface area contributed by atoms with E-state index in [0.717, 1.165) is 6.42 Å². The van der Waals surface area contributed by atoms with Crippen molar-refractivity contribution >= 4 is 0 Å². The van der Waals surface area contributed by atoms with E-state index in [4.69, 9.17) is 0 Å². The molecule has 0 N–H and O–H groups in total. The van der Waals surface area contributed by atoms with Gasteiger partial charge in [-0.05, 0) is 40.0 Å². The molecule has 0 heteroatoms. The molecule has 0 unspecified atom stereocenters. The highest BCUT2D eigenvalue weighted by molar-refractivity contribution is 5.37. The minimum Gasteiger partial charge on any atom is -0.0613 e. The second kappa shape index (κ2) is 4.24. The summed E-state index contributed by atoms with van der Waals surface area (Å²) in [6, 6.07) is 8.15. The van der Waals surface area contributed by atoms with Gasteiger partial charge >= 0.3 is 0 Å². The largest absolute Gasteiger partial charge is 0.0613 e. The summed E-state index contributed by atoms with van der Waals surface area (Å²) in [7, 11) is 0. The summed E-state index contributed by atoms with van der Waals surface area (Å²) in [6.45, 7) is 15.8. The summed E-state index contributed by atoms with van der Waals surface area (Å²) < 4.78 is 0. The Labute approximate surface area is 101 Å². The highest BCUT2D eigenvalue weighted by Crippen LogP contribution is 2.30. The van der Waals surface area contributed by atoms with Crippen molar-refractivity contribution in [3.63, 3.8) is 0 Å². The maximum absolute atomic E-state index is 3.64. The molecule has 1 aromatic carbocycles. The molecule has 16 heavy (non-hydrogen) atoms. The Balaban J connectivity index is 3.34. The molecule has 0 aliphatic rings. The molecule has 0 amide bonds. The van der Waals surface area contributed by atoms with Crippen LogP contribution in [0.1, 0.15) is 65.2 Å². The molecule has 1 aromatic rings. The molecule has 0 aromatic heterocycles. The van der Waals surface area contributed by atoms with E-state index in [9.17, 15) is 0 Å². The third-order valence-corrected chi connectivity index (χ3v) is 2.97. The van der Waals surface area contributed by atoms with Gasteiger partial charge in [-0.2, -0.15) is 0 Å². The van der Waals surface area contributed by atoms with E-state index in [-0.39, 0.29) is 10.8 Å². The predicted molar refractivity (Wildman–Crippen MR) is 72.1 cm³/mol. The molecule has 0 saturated heterocycles. The average Bonchev–Trinajstić information content (AvgIpc) is 2.14. The molecule has 0 atom stereocenters. The van der Waals surface area contributed by atoms with E-state index in [2.05, 4.69) is 66.7 Å². The van der Waals surface area contributed by atoms with Crippen LogP contribution in [0.2, 0.25) is 0 Å². The number of hydrogen-bond acceptors (Lipinski definition) is 0. The first-order valence-electron chi connectivity index (χ1n) is 6.22. The van der Waals surface area contributed by atoms with Crippen molar-refractivity contribution < 1.29 is 0 Å². The number of benzene rings is 1. The quantitative estimate of drug-likeness (QED) is 0.642. The lowest BCUT2D eigenvalue weighted by molar-refractivity contribution is 0.562. The molecular formula is C16H25. The minimum absolute atomic E-state index is 0.187. The summed E-state index contributed by atoms with van der Waals surface area (Å²) in [6.07, 6.45) is 1.09. The van der Waals surface area contributed by atoms with E-state index in [1.807, 2.05) is 0 Å². The number of aryl methyl sites for hydroxylation is 1. The standard InChI is InChI=1S/C16H25/c1-8-12-9-10-13(15(2,3)4)11-14(12)16(5,6)7/h9-10H,8H2,1-7H3. The molecular weight excluding hydrogens is 192 g/mol. The Morgan fingerprint density at radius 1 is 0.938 bits per heavy atom. The summed E-state index contributed by atoms with van der Waals surface area (Å²) >= 11 is 0. The van der Waals surface area contributed by atoms with Crippen molar-refractivity contribution in [3.05, 3.63) is 34.9 Å². The van der Waals surface area contributed by atoms with Crippen LogP contribution in [-0.4, -0.2) is 0 Å². The van der Waals surface area contributed by atoms with Gasteiger partial charge in [-0.1, -0.05) is 60.6 Å². The molecule has 0 nitrogen and oxygen atoms in total. The summed E-state index contributed by atoms with van der Waals surface area (Å²) in [5.41, 5.74) is 4.50. The lowest BCUT2D eigenvalue weighted by Gasteiger charge is -2.26. The fourth-order valence-corrected chi connectivity index (χ4v) is 1.93. The van der Waals surface area contributed by atoms with Gasteiger partial charge in [0, 0.05) is 0 Å². The fraction of sp³-hybridized carbons (Fsp3) is 0.625. The molecule has 0 saturated carbocycles. The summed E-state index contributed by atoms with van der Waals surface area (Å²) in [5, 5.41) is 0. The highest BCUT2D eigenvalue weighted by Gasteiger charge is 2.21. The van der Waals surface area contributed by atoms with Gasteiger partial charge in [-0.15, -0.1) is 0 Å². The zero-order valence-corrected chi connectivity index (χ0v) is 11.9. The van der Waals surface area contributed by atoms with Crippen LogP contribution in [0.15, 0.2) is 12.1 Å². The molecule has 0 fully saturated rings. The van der Waals surface area contributed by atoms with Crippen molar-refractivity contribution in [2.75, 3.05) is 0 Å². The monoisotopic (exact) mass is 217 g/mol. The average molecular weight is 217 g/mol. The Morgan fingerprint density at radius 3 is 1.88 bits per heavy atom. The van der Waals surface area contributed by atoms with Gasteiger partial charge in [-0.25, -0.2) is 0 Å². The number of rotatable bonds is 1. The SMILES string of the molecule is CCc1ccc(C(C)(C)C)[c]c1C(C)(C)C. The van der Waals surface area contributed by atoms with Crippen molar-refractivity contribution in [2.24, 2.45) is 0 Å². The van der Waals surface area contributed by atoms with Crippen LogP contribution < -0.4 is 0 Å². The van der Waals surface area contributed by atoms with Crippen LogP contribution in [0, 0.1) is 6.07 Å². The van der Waals surface area contributed by atoms with Gasteiger partial charge in [0.05, 0.1) is 0 Å². The molecule has 0 aliphatic carbocycles. The van der Waals surface area contributed by atoms with Gasteiger partial charge in [0.25, 0.3) is 0 Å². The lowest BCUT2D eigenvalue weighted by Crippen LogP contribution is -2.18. The maximum atomic E-state index is 3.64. The van der Waals surface area contributed by atoms with E-state index >= 15 is 0 Å². The Kier molecular flexibility index (Phi) is 3.52. The second-order valence-corrected chi connectivity index (χ2v) is 6.63. The third kappa shape index (κ3) is 2.87. The normalized spacial score (nSPS) is 12.9. The van der Waals surface area contributed by atoms with Crippen LogP contribution in [0.5, 0.6) is 0 Å². The van der Waals surface area contributed by atoms with Crippen LogP contribution in [0.4, 0.5) is 0 Å². The first-order chi connectivity index (χ1) is 7.16. The fourth-order valence-electron chi connectivity index (χ4n) is 1.93. The van der Waals surface area contributed by atoms with Gasteiger partial charge in [-0.3, -0.25) is 0 Å². The zero-order valence-electron chi connectivity index (χ0n) is 11.9. The van der Waals surface area contributed by atoms with E-state index in [0.29, 0.717) is 0 Å². The molecule has 89 valence electrons. The molecule has 0 spiro atoms. The second-order valence-electron chi connectivity index (χ2n) is 6.63. The number of hydrogen-bond donors (Lipinski definition) is 0. The molecule has 1 rings (SSSR count). The Bertz CT molecular complexity index is 359. The van der Waals surface area contributed by atoms with E-state index in [1.54, 1.807) is 0 Å². The Hall–Kier alpha value is -0.780. The predicted octanol–water partition coefficient (Wildman–Crippen LogP) is 4.64. The third-order valence-electron chi connectivity index (χ3n) is 2.97. The molecule has 0 bridgehead atoms. The minimum atomic E-state index is 0.187. The summed E-state index contributed by atoms with van der Waals surface area (Å²) in [4.78, 5) is 0. The van der Waals surface area contributed by atoms with Crippen molar-refractivity contribution in [1.82, 2.24) is 0 Å². The first kappa shape index (κ1) is 13.3. The van der Waals surface area contributed by atoms with Crippen molar-refractivity contribution in [3.8, 4) is 0 Å². The molecule has 0 heterocycles. The van der Waals surface area contributed by atoms with Crippen molar-refractivity contribution in [2.45, 2.75) is 65.7 Å². The van der Waals surface area contributed by atoms with Crippen LogP contribution in [0.3, 0.4) is 0 Å². The van der Waals surface area contributed by atoms with Gasteiger partial charge < -0.3 is 0 Å². The summed E-state index contributed by atoms with van der Waals surface area (Å²) in [5.74, 6) is 0. The maximum Gasteiger partial charge on any atom is -0.0100 e. The van der Waals surface area contributed by atoms with Crippen LogP contribution >= 0.6 is 0 Å². The smallest absolute Gasteiger partial charge is 0.0100 e. The van der Waals surface area contributed by atoms with E-state index < -0.39 is 0 Å². The van der Waals surface area contributed by atoms with Crippen LogP contribution in [-0.2, 0) is 17.3 Å². The lowest BCUT2D eigenvalue weighted by atomic mass is 9.78. The zero-order chi connectivity index (χ0) is 12.6. The van der Waals surface area contributed by atoms with Crippen LogP contribution in [0.25, 0.3) is 0 Å². The van der Waals surface area contributed by atoms with E-state index in [1.165, 1.54) is 16.7 Å². The van der Waals surface area contributed by atoms with Gasteiger partial charge in [0.1, 0.15) is 0 Å². The molecule has 0 aliphatic heterocycles. The van der Waals surface area contributed by atoms with Gasteiger partial charge in [0.15, 0.2) is 0 Å².